The topological polar surface area (TPSA) is 83.4 Å². The summed E-state index contributed by atoms with van der Waals surface area (Å²) in [5.41, 5.74) is 1.49. The SMILES string of the molecule is COc1cc(NC(=O)Nc2ccc(C#N)cc2)c(OC)cc1Cl. The van der Waals surface area contributed by atoms with E-state index in [1.165, 1.54) is 14.2 Å². The summed E-state index contributed by atoms with van der Waals surface area (Å²) in [6.07, 6.45) is 0. The van der Waals surface area contributed by atoms with Crippen molar-refractivity contribution in [2.45, 2.75) is 0 Å². The lowest BCUT2D eigenvalue weighted by molar-refractivity contribution is 0.262. The van der Waals surface area contributed by atoms with Gasteiger partial charge in [0, 0.05) is 17.8 Å². The van der Waals surface area contributed by atoms with Gasteiger partial charge in [-0.3, -0.25) is 0 Å². The number of carbonyl (C=O) groups excluding carboxylic acids is 1. The highest BCUT2D eigenvalue weighted by Gasteiger charge is 2.12. The lowest BCUT2D eigenvalue weighted by Gasteiger charge is -2.13. The number of nitriles is 1. The van der Waals surface area contributed by atoms with Gasteiger partial charge in [-0.25, -0.2) is 4.79 Å². The van der Waals surface area contributed by atoms with Crippen LogP contribution in [-0.2, 0) is 0 Å². The van der Waals surface area contributed by atoms with Crippen molar-refractivity contribution in [2.24, 2.45) is 0 Å². The first-order chi connectivity index (χ1) is 11.1. The van der Waals surface area contributed by atoms with Gasteiger partial charge in [-0.1, -0.05) is 11.6 Å². The molecule has 23 heavy (non-hydrogen) atoms. The van der Waals surface area contributed by atoms with Crippen molar-refractivity contribution in [1.82, 2.24) is 0 Å². The van der Waals surface area contributed by atoms with E-state index in [0.717, 1.165) is 0 Å². The van der Waals surface area contributed by atoms with E-state index < -0.39 is 6.03 Å². The van der Waals surface area contributed by atoms with E-state index in [4.69, 9.17) is 26.3 Å². The Morgan fingerprint density at radius 1 is 1.09 bits per heavy atom. The average Bonchev–Trinajstić information content (AvgIpc) is 2.56. The summed E-state index contributed by atoms with van der Waals surface area (Å²) in [5.74, 6) is 0.826. The van der Waals surface area contributed by atoms with E-state index in [-0.39, 0.29) is 0 Å². The number of nitrogens with one attached hydrogen (secondary N) is 2. The summed E-state index contributed by atoms with van der Waals surface area (Å²) in [7, 11) is 2.95. The zero-order chi connectivity index (χ0) is 16.8. The number of methoxy groups -OCH3 is 2. The Bertz CT molecular complexity index is 754. The summed E-state index contributed by atoms with van der Waals surface area (Å²) in [6.45, 7) is 0. The molecule has 2 aromatic rings. The van der Waals surface area contributed by atoms with Crippen LogP contribution in [0.3, 0.4) is 0 Å². The highest BCUT2D eigenvalue weighted by molar-refractivity contribution is 6.32. The van der Waals surface area contributed by atoms with Gasteiger partial charge >= 0.3 is 6.03 Å². The fraction of sp³-hybridized carbons (Fsp3) is 0.125. The Morgan fingerprint density at radius 2 is 1.74 bits per heavy atom. The molecule has 0 aliphatic carbocycles. The predicted octanol–water partition coefficient (Wildman–Crippen LogP) is 3.87. The number of rotatable bonds is 4. The molecule has 0 saturated carbocycles. The zero-order valence-electron chi connectivity index (χ0n) is 12.5. The minimum absolute atomic E-state index is 0.377. The third-order valence-corrected chi connectivity index (χ3v) is 3.29. The second-order valence-corrected chi connectivity index (χ2v) is 4.86. The van der Waals surface area contributed by atoms with E-state index in [0.29, 0.717) is 33.5 Å². The second-order valence-electron chi connectivity index (χ2n) is 4.46. The summed E-state index contributed by atoms with van der Waals surface area (Å²) >= 11 is 6.02. The minimum atomic E-state index is -0.461. The maximum absolute atomic E-state index is 12.1. The van der Waals surface area contributed by atoms with Gasteiger partial charge in [0.25, 0.3) is 0 Å². The Labute approximate surface area is 138 Å². The van der Waals surface area contributed by atoms with Gasteiger partial charge in [-0.15, -0.1) is 0 Å². The Hall–Kier alpha value is -2.91. The molecule has 0 bridgehead atoms. The Morgan fingerprint density at radius 3 is 2.30 bits per heavy atom. The number of hydrogen-bond donors (Lipinski definition) is 2. The van der Waals surface area contributed by atoms with Crippen LogP contribution in [0.2, 0.25) is 5.02 Å². The molecule has 0 saturated heterocycles. The number of anilines is 2. The van der Waals surface area contributed by atoms with Gasteiger partial charge < -0.3 is 20.1 Å². The van der Waals surface area contributed by atoms with Gasteiger partial charge in [0.2, 0.25) is 0 Å². The molecule has 2 amide bonds. The molecular formula is C16H14ClN3O3. The molecule has 6 nitrogen and oxygen atoms in total. The molecule has 0 spiro atoms. The first kappa shape index (κ1) is 16.5. The van der Waals surface area contributed by atoms with Crippen LogP contribution in [0.1, 0.15) is 5.56 Å². The minimum Gasteiger partial charge on any atom is -0.495 e. The number of carbonyl (C=O) groups is 1. The number of hydrogen-bond acceptors (Lipinski definition) is 4. The Balaban J connectivity index is 2.14. The van der Waals surface area contributed by atoms with Gasteiger partial charge in [0.05, 0.1) is 36.6 Å². The van der Waals surface area contributed by atoms with Crippen molar-refractivity contribution < 1.29 is 14.3 Å². The largest absolute Gasteiger partial charge is 0.495 e. The fourth-order valence-electron chi connectivity index (χ4n) is 1.87. The maximum atomic E-state index is 12.1. The van der Waals surface area contributed by atoms with Crippen LogP contribution in [0, 0.1) is 11.3 Å². The van der Waals surface area contributed by atoms with Crippen LogP contribution >= 0.6 is 11.6 Å². The van der Waals surface area contributed by atoms with Crippen molar-refractivity contribution in [3.8, 4) is 17.6 Å². The van der Waals surface area contributed by atoms with E-state index in [2.05, 4.69) is 10.6 Å². The van der Waals surface area contributed by atoms with Crippen LogP contribution in [-0.4, -0.2) is 20.3 Å². The maximum Gasteiger partial charge on any atom is 0.323 e. The van der Waals surface area contributed by atoms with Crippen molar-refractivity contribution in [3.63, 3.8) is 0 Å². The third-order valence-electron chi connectivity index (χ3n) is 2.99. The van der Waals surface area contributed by atoms with Crippen molar-refractivity contribution >= 4 is 29.0 Å². The second kappa shape index (κ2) is 7.38. The van der Waals surface area contributed by atoms with E-state index in [1.807, 2.05) is 6.07 Å². The molecule has 2 N–H and O–H groups in total. The molecule has 0 unspecified atom stereocenters. The summed E-state index contributed by atoms with van der Waals surface area (Å²) in [5, 5.41) is 14.4. The highest BCUT2D eigenvalue weighted by Crippen LogP contribution is 2.35. The molecular weight excluding hydrogens is 318 g/mol. The van der Waals surface area contributed by atoms with Crippen LogP contribution in [0.15, 0.2) is 36.4 Å². The number of benzene rings is 2. The normalized spacial score (nSPS) is 9.65. The fourth-order valence-corrected chi connectivity index (χ4v) is 2.10. The lowest BCUT2D eigenvalue weighted by atomic mass is 10.2. The summed E-state index contributed by atoms with van der Waals surface area (Å²) < 4.78 is 10.3. The van der Waals surface area contributed by atoms with Crippen LogP contribution in [0.4, 0.5) is 16.2 Å². The molecule has 2 aromatic carbocycles. The van der Waals surface area contributed by atoms with Gasteiger partial charge in [0.15, 0.2) is 0 Å². The monoisotopic (exact) mass is 331 g/mol. The molecule has 0 radical (unpaired) electrons. The Kier molecular flexibility index (Phi) is 5.28. The molecule has 7 heteroatoms. The molecule has 0 atom stereocenters. The molecule has 0 aliphatic rings. The molecule has 0 aromatic heterocycles. The van der Waals surface area contributed by atoms with Gasteiger partial charge in [0.1, 0.15) is 11.5 Å². The smallest absolute Gasteiger partial charge is 0.323 e. The number of ether oxygens (including phenoxy) is 2. The van der Waals surface area contributed by atoms with Crippen LogP contribution < -0.4 is 20.1 Å². The van der Waals surface area contributed by atoms with Crippen molar-refractivity contribution in [2.75, 3.05) is 24.9 Å². The van der Waals surface area contributed by atoms with E-state index in [1.54, 1.807) is 36.4 Å². The molecule has 2 rings (SSSR count). The number of amides is 2. The predicted molar refractivity (Wildman–Crippen MR) is 88.4 cm³/mol. The van der Waals surface area contributed by atoms with Gasteiger partial charge in [-0.2, -0.15) is 5.26 Å². The van der Waals surface area contributed by atoms with Crippen molar-refractivity contribution in [3.05, 3.63) is 47.0 Å². The van der Waals surface area contributed by atoms with Crippen molar-refractivity contribution in [1.29, 1.82) is 5.26 Å². The quantitative estimate of drug-likeness (QED) is 0.890. The summed E-state index contributed by atoms with van der Waals surface area (Å²) in [4.78, 5) is 12.1. The molecule has 118 valence electrons. The first-order valence-electron chi connectivity index (χ1n) is 6.57. The highest BCUT2D eigenvalue weighted by atomic mass is 35.5. The summed E-state index contributed by atoms with van der Waals surface area (Å²) in [6, 6.07) is 11.2. The molecule has 0 aliphatic heterocycles. The molecule has 0 heterocycles. The number of halogens is 1. The number of urea groups is 1. The van der Waals surface area contributed by atoms with E-state index >= 15 is 0 Å². The van der Waals surface area contributed by atoms with Crippen LogP contribution in [0.25, 0.3) is 0 Å². The zero-order valence-corrected chi connectivity index (χ0v) is 13.3. The van der Waals surface area contributed by atoms with E-state index in [9.17, 15) is 4.79 Å². The molecule has 0 fully saturated rings. The number of nitrogens with zero attached hydrogens (tertiary/aromatic N) is 1. The average molecular weight is 332 g/mol. The first-order valence-corrected chi connectivity index (χ1v) is 6.95. The van der Waals surface area contributed by atoms with Crippen LogP contribution in [0.5, 0.6) is 11.5 Å². The van der Waals surface area contributed by atoms with Gasteiger partial charge in [-0.05, 0) is 24.3 Å². The standard InChI is InChI=1S/C16H14ClN3O3/c1-22-14-8-13(15(23-2)7-12(14)17)20-16(21)19-11-5-3-10(9-18)4-6-11/h3-8H,1-2H3,(H2,19,20,21). The third kappa shape index (κ3) is 4.05. The lowest BCUT2D eigenvalue weighted by Crippen LogP contribution is -2.19.